The molecule has 0 aliphatic heterocycles. The lowest BCUT2D eigenvalue weighted by Crippen LogP contribution is -2.36. The van der Waals surface area contributed by atoms with E-state index < -0.39 is 18.3 Å². The Kier molecular flexibility index (Phi) is 5.34. The maximum Gasteiger partial charge on any atom is 0.407 e. The van der Waals surface area contributed by atoms with Gasteiger partial charge in [-0.2, -0.15) is 0 Å². The Morgan fingerprint density at radius 2 is 1.75 bits per heavy atom. The van der Waals surface area contributed by atoms with Gasteiger partial charge in [-0.25, -0.2) is 9.78 Å². The zero-order valence-corrected chi connectivity index (χ0v) is 17.2. The lowest BCUT2D eigenvalue weighted by molar-refractivity contribution is 0.0184. The number of hydrogen-bond donors (Lipinski definition) is 4. The van der Waals surface area contributed by atoms with Crippen molar-refractivity contribution in [2.45, 2.75) is 18.1 Å². The molecule has 2 unspecified atom stereocenters. The summed E-state index contributed by atoms with van der Waals surface area (Å²) >= 11 is 0. The van der Waals surface area contributed by atoms with Crippen molar-refractivity contribution in [2.24, 2.45) is 0 Å². The molecule has 2 atom stereocenters. The molecule has 7 nitrogen and oxygen atoms in total. The summed E-state index contributed by atoms with van der Waals surface area (Å²) in [7, 11) is 0. The van der Waals surface area contributed by atoms with Gasteiger partial charge in [-0.3, -0.25) is 0 Å². The van der Waals surface area contributed by atoms with Gasteiger partial charge in [0.1, 0.15) is 24.5 Å². The number of aliphatic hydroxyl groups is 2. The number of hydrogen-bond acceptors (Lipinski definition) is 5. The summed E-state index contributed by atoms with van der Waals surface area (Å²) in [5.74, 6) is -0.0391. The third-order valence-corrected chi connectivity index (χ3v) is 5.93. The number of alkyl carbamates (subject to hydrolysis) is 1. The van der Waals surface area contributed by atoms with E-state index in [-0.39, 0.29) is 19.1 Å². The SMILES string of the molecule is O=C(NCC(O)C(O)c1cnc2[nH]ccc2c1)OCC1c2ccccc2-c2ccccc21. The van der Waals surface area contributed by atoms with Crippen LogP contribution >= 0.6 is 0 Å². The zero-order valence-electron chi connectivity index (χ0n) is 17.2. The van der Waals surface area contributed by atoms with Crippen molar-refractivity contribution < 1.29 is 19.7 Å². The Bertz CT molecular complexity index is 1220. The number of nitrogens with one attached hydrogen (secondary N) is 2. The Morgan fingerprint density at radius 3 is 2.47 bits per heavy atom. The summed E-state index contributed by atoms with van der Waals surface area (Å²) in [6.45, 7) is 0.0373. The first kappa shape index (κ1) is 20.2. The van der Waals surface area contributed by atoms with Crippen LogP contribution in [0.15, 0.2) is 73.1 Å². The first-order chi connectivity index (χ1) is 15.6. The molecule has 0 bridgehead atoms. The number of carbonyl (C=O) groups is 1. The highest BCUT2D eigenvalue weighted by atomic mass is 16.5. The molecular formula is C25H23N3O4. The van der Waals surface area contributed by atoms with Crippen LogP contribution in [0, 0.1) is 0 Å². The van der Waals surface area contributed by atoms with Gasteiger partial charge >= 0.3 is 6.09 Å². The summed E-state index contributed by atoms with van der Waals surface area (Å²) < 4.78 is 5.46. The van der Waals surface area contributed by atoms with Crippen LogP contribution in [0.4, 0.5) is 4.79 Å². The molecular weight excluding hydrogens is 406 g/mol. The Morgan fingerprint density at radius 1 is 1.06 bits per heavy atom. The number of rotatable bonds is 6. The summed E-state index contributed by atoms with van der Waals surface area (Å²) in [5, 5.41) is 24.1. The van der Waals surface area contributed by atoms with Gasteiger partial charge in [0.25, 0.3) is 0 Å². The van der Waals surface area contributed by atoms with Crippen molar-refractivity contribution >= 4 is 17.1 Å². The van der Waals surface area contributed by atoms with Crippen LogP contribution in [0.2, 0.25) is 0 Å². The second kappa shape index (κ2) is 8.45. The molecule has 7 heteroatoms. The van der Waals surface area contributed by atoms with E-state index in [9.17, 15) is 15.0 Å². The standard InChI is InChI=1S/C25H23N3O4/c29-22(23(30)16-11-15-9-10-26-24(15)27-12-16)13-28-25(31)32-14-21-19-7-3-1-5-17(19)18-6-2-4-8-20(18)21/h1-12,21-23,29-30H,13-14H2,(H,26,27)(H,28,31). The van der Waals surface area contributed by atoms with Crippen molar-refractivity contribution in [3.8, 4) is 11.1 Å². The number of aromatic nitrogens is 2. The molecule has 2 aromatic heterocycles. The average Bonchev–Trinajstić information content (AvgIpc) is 3.42. The molecule has 0 saturated heterocycles. The van der Waals surface area contributed by atoms with Crippen molar-refractivity contribution in [2.75, 3.05) is 13.2 Å². The number of aliphatic hydroxyl groups excluding tert-OH is 2. The third-order valence-electron chi connectivity index (χ3n) is 5.93. The largest absolute Gasteiger partial charge is 0.449 e. The predicted molar refractivity (Wildman–Crippen MR) is 120 cm³/mol. The molecule has 2 aromatic carbocycles. The van der Waals surface area contributed by atoms with Crippen LogP contribution in [0.5, 0.6) is 0 Å². The molecule has 32 heavy (non-hydrogen) atoms. The number of H-pyrrole nitrogens is 1. The van der Waals surface area contributed by atoms with E-state index in [0.29, 0.717) is 11.2 Å². The maximum absolute atomic E-state index is 12.3. The first-order valence-electron chi connectivity index (χ1n) is 10.5. The number of carbonyl (C=O) groups excluding carboxylic acids is 1. The summed E-state index contributed by atoms with van der Waals surface area (Å²) in [6, 6.07) is 19.8. The van der Waals surface area contributed by atoms with Gasteiger partial charge in [-0.1, -0.05) is 48.5 Å². The highest BCUT2D eigenvalue weighted by molar-refractivity contribution is 5.79. The second-order valence-corrected chi connectivity index (χ2v) is 7.90. The Hall–Kier alpha value is -3.68. The van der Waals surface area contributed by atoms with Crippen molar-refractivity contribution in [3.05, 3.63) is 89.7 Å². The van der Waals surface area contributed by atoms with E-state index in [1.54, 1.807) is 12.3 Å². The fourth-order valence-electron chi connectivity index (χ4n) is 4.29. The van der Waals surface area contributed by atoms with Gasteiger partial charge in [-0.05, 0) is 34.4 Å². The molecule has 1 amide bonds. The molecule has 0 saturated carbocycles. The quantitative estimate of drug-likeness (QED) is 0.375. The van der Waals surface area contributed by atoms with E-state index in [2.05, 4.69) is 39.6 Å². The minimum Gasteiger partial charge on any atom is -0.449 e. The predicted octanol–water partition coefficient (Wildman–Crippen LogP) is 3.50. The van der Waals surface area contributed by atoms with Crippen molar-refractivity contribution in [1.29, 1.82) is 0 Å². The summed E-state index contributed by atoms with van der Waals surface area (Å²) in [6.07, 6.45) is 0.227. The van der Waals surface area contributed by atoms with Gasteiger partial charge in [0.15, 0.2) is 0 Å². The van der Waals surface area contributed by atoms with E-state index in [4.69, 9.17) is 4.74 Å². The fourth-order valence-corrected chi connectivity index (χ4v) is 4.29. The Labute approximate surface area is 184 Å². The molecule has 1 aliphatic rings. The number of nitrogens with zero attached hydrogens (tertiary/aromatic N) is 1. The van der Waals surface area contributed by atoms with Crippen molar-refractivity contribution in [1.82, 2.24) is 15.3 Å². The number of aromatic amines is 1. The highest BCUT2D eigenvalue weighted by Gasteiger charge is 2.29. The van der Waals surface area contributed by atoms with Gasteiger partial charge in [0.2, 0.25) is 0 Å². The molecule has 162 valence electrons. The molecule has 4 aromatic rings. The number of amides is 1. The van der Waals surface area contributed by atoms with Gasteiger partial charge in [-0.15, -0.1) is 0 Å². The first-order valence-corrected chi connectivity index (χ1v) is 10.5. The minimum absolute atomic E-state index is 0.0391. The molecule has 2 heterocycles. The number of pyridine rings is 1. The lowest BCUT2D eigenvalue weighted by atomic mass is 9.98. The summed E-state index contributed by atoms with van der Waals surface area (Å²) in [5.41, 5.74) is 5.74. The zero-order chi connectivity index (χ0) is 22.1. The third kappa shape index (κ3) is 3.72. The monoisotopic (exact) mass is 429 g/mol. The van der Waals surface area contributed by atoms with Crippen LogP contribution in [-0.4, -0.2) is 45.5 Å². The molecule has 5 rings (SSSR count). The van der Waals surface area contributed by atoms with Gasteiger partial charge < -0.3 is 25.3 Å². The lowest BCUT2D eigenvalue weighted by Gasteiger charge is -2.19. The number of benzene rings is 2. The van der Waals surface area contributed by atoms with Crippen molar-refractivity contribution in [3.63, 3.8) is 0 Å². The van der Waals surface area contributed by atoms with Gasteiger partial charge in [0.05, 0.1) is 0 Å². The fraction of sp³-hybridized carbons (Fsp3) is 0.200. The van der Waals surface area contributed by atoms with E-state index in [0.717, 1.165) is 27.6 Å². The van der Waals surface area contributed by atoms with E-state index >= 15 is 0 Å². The van der Waals surface area contributed by atoms with Crippen LogP contribution in [0.3, 0.4) is 0 Å². The normalized spacial score (nSPS) is 14.6. The molecule has 0 radical (unpaired) electrons. The molecule has 0 spiro atoms. The number of ether oxygens (including phenoxy) is 1. The van der Waals surface area contributed by atoms with Gasteiger partial charge in [0, 0.05) is 35.8 Å². The molecule has 4 N–H and O–H groups in total. The van der Waals surface area contributed by atoms with Crippen LogP contribution < -0.4 is 5.32 Å². The topological polar surface area (TPSA) is 107 Å². The minimum atomic E-state index is -1.20. The second-order valence-electron chi connectivity index (χ2n) is 7.90. The van der Waals surface area contributed by atoms with Crippen LogP contribution in [-0.2, 0) is 4.74 Å². The summed E-state index contributed by atoms with van der Waals surface area (Å²) in [4.78, 5) is 19.5. The van der Waals surface area contributed by atoms with E-state index in [1.165, 1.54) is 6.20 Å². The van der Waals surface area contributed by atoms with Crippen LogP contribution in [0.25, 0.3) is 22.2 Å². The Balaban J connectivity index is 1.18. The maximum atomic E-state index is 12.3. The highest BCUT2D eigenvalue weighted by Crippen LogP contribution is 2.44. The average molecular weight is 429 g/mol. The smallest absolute Gasteiger partial charge is 0.407 e. The van der Waals surface area contributed by atoms with E-state index in [1.807, 2.05) is 30.3 Å². The molecule has 0 fully saturated rings. The number of fused-ring (bicyclic) bond motifs is 4. The molecule has 1 aliphatic carbocycles. The van der Waals surface area contributed by atoms with Crippen LogP contribution in [0.1, 0.15) is 28.7 Å².